The van der Waals surface area contributed by atoms with Crippen molar-refractivity contribution in [1.29, 1.82) is 0 Å². The van der Waals surface area contributed by atoms with Crippen LogP contribution in [0.1, 0.15) is 88.1 Å². The van der Waals surface area contributed by atoms with Crippen LogP contribution in [0.3, 0.4) is 0 Å². The molecule has 3 amide bonds. The first-order chi connectivity index (χ1) is 19.4. The molecule has 0 aliphatic rings. The molecule has 0 saturated carbocycles. The van der Waals surface area contributed by atoms with Crippen molar-refractivity contribution in [2.45, 2.75) is 97.9 Å². The van der Waals surface area contributed by atoms with E-state index in [0.717, 1.165) is 47.9 Å². The van der Waals surface area contributed by atoms with Gasteiger partial charge < -0.3 is 20.3 Å². The fourth-order valence-corrected chi connectivity index (χ4v) is 5.21. The monoisotopic (exact) mass is 583 g/mol. The number of alkyl carbamates (subject to hydrolysis) is 1. The summed E-state index contributed by atoms with van der Waals surface area (Å²) in [5.74, 6) is 0.147. The van der Waals surface area contributed by atoms with Crippen molar-refractivity contribution in [3.8, 4) is 0 Å². The third-order valence-corrected chi connectivity index (χ3v) is 7.21. The first kappa shape index (κ1) is 34.2. The number of rotatable bonds is 15. The van der Waals surface area contributed by atoms with Gasteiger partial charge in [0.1, 0.15) is 17.7 Å². The van der Waals surface area contributed by atoms with Crippen LogP contribution >= 0.6 is 11.8 Å². The second kappa shape index (κ2) is 17.1. The Hall–Kier alpha value is -3.00. The molecule has 226 valence electrons. The molecular formula is C33H49N3O4S. The molecule has 2 aromatic carbocycles. The lowest BCUT2D eigenvalue weighted by atomic mass is 9.97. The van der Waals surface area contributed by atoms with Crippen molar-refractivity contribution in [3.63, 3.8) is 0 Å². The summed E-state index contributed by atoms with van der Waals surface area (Å²) in [5, 5.41) is 5.90. The van der Waals surface area contributed by atoms with Crippen molar-refractivity contribution in [2.75, 3.05) is 18.6 Å². The molecule has 0 saturated heterocycles. The van der Waals surface area contributed by atoms with Crippen molar-refractivity contribution >= 4 is 29.7 Å². The molecular weight excluding hydrogens is 534 g/mol. The molecule has 2 unspecified atom stereocenters. The highest BCUT2D eigenvalue weighted by molar-refractivity contribution is 7.98. The normalized spacial score (nSPS) is 12.8. The van der Waals surface area contributed by atoms with Crippen LogP contribution in [0.25, 0.3) is 0 Å². The molecule has 2 rings (SSSR count). The number of thioether (sulfide) groups is 1. The third-order valence-electron chi connectivity index (χ3n) is 6.56. The number of ether oxygens (including phenoxy) is 1. The minimum absolute atomic E-state index is 0.247. The maximum atomic E-state index is 14.3. The van der Waals surface area contributed by atoms with Gasteiger partial charge in [-0.05, 0) is 70.6 Å². The highest BCUT2D eigenvalue weighted by atomic mass is 32.2. The predicted octanol–water partition coefficient (Wildman–Crippen LogP) is 6.72. The summed E-state index contributed by atoms with van der Waals surface area (Å²) in [4.78, 5) is 42.8. The maximum Gasteiger partial charge on any atom is 0.408 e. The van der Waals surface area contributed by atoms with Gasteiger partial charge in [-0.3, -0.25) is 9.59 Å². The summed E-state index contributed by atoms with van der Waals surface area (Å²) in [6, 6.07) is 14.1. The van der Waals surface area contributed by atoms with E-state index in [1.165, 1.54) is 0 Å². The van der Waals surface area contributed by atoms with Crippen molar-refractivity contribution in [2.24, 2.45) is 0 Å². The van der Waals surface area contributed by atoms with E-state index in [1.807, 2.05) is 62.6 Å². The number of carbonyl (C=O) groups is 3. The molecule has 0 heterocycles. The number of nitrogens with one attached hydrogen (secondary N) is 2. The lowest BCUT2D eigenvalue weighted by Gasteiger charge is -2.35. The van der Waals surface area contributed by atoms with Crippen LogP contribution in [0.2, 0.25) is 0 Å². The molecule has 0 fully saturated rings. The van der Waals surface area contributed by atoms with E-state index in [2.05, 4.69) is 23.6 Å². The zero-order valence-corrected chi connectivity index (χ0v) is 26.7. The van der Waals surface area contributed by atoms with Gasteiger partial charge in [-0.1, -0.05) is 85.8 Å². The van der Waals surface area contributed by atoms with Gasteiger partial charge in [0.2, 0.25) is 11.8 Å². The average Bonchev–Trinajstić information content (AvgIpc) is 2.90. The molecule has 2 atom stereocenters. The Morgan fingerprint density at radius 1 is 0.976 bits per heavy atom. The molecule has 0 spiro atoms. The largest absolute Gasteiger partial charge is 0.444 e. The fraction of sp³-hybridized carbons (Fsp3) is 0.545. The molecule has 0 radical (unpaired) electrons. The minimum Gasteiger partial charge on any atom is -0.444 e. The molecule has 41 heavy (non-hydrogen) atoms. The molecule has 2 N–H and O–H groups in total. The fourth-order valence-electron chi connectivity index (χ4n) is 4.74. The summed E-state index contributed by atoms with van der Waals surface area (Å²) in [6.45, 7) is 12.3. The number of hydrogen-bond acceptors (Lipinski definition) is 5. The van der Waals surface area contributed by atoms with Crippen LogP contribution in [-0.4, -0.2) is 53.0 Å². The van der Waals surface area contributed by atoms with Crippen molar-refractivity contribution in [1.82, 2.24) is 15.5 Å². The quantitative estimate of drug-likeness (QED) is 0.227. The van der Waals surface area contributed by atoms with Gasteiger partial charge in [0.25, 0.3) is 0 Å². The van der Waals surface area contributed by atoms with Gasteiger partial charge in [-0.2, -0.15) is 11.8 Å². The molecule has 0 bridgehead atoms. The molecule has 0 aliphatic carbocycles. The summed E-state index contributed by atoms with van der Waals surface area (Å²) < 4.78 is 5.50. The topological polar surface area (TPSA) is 87.7 Å². The average molecular weight is 584 g/mol. The highest BCUT2D eigenvalue weighted by Crippen LogP contribution is 2.26. The van der Waals surface area contributed by atoms with Crippen LogP contribution in [0.15, 0.2) is 48.5 Å². The molecule has 8 heteroatoms. The van der Waals surface area contributed by atoms with E-state index in [9.17, 15) is 14.4 Å². The van der Waals surface area contributed by atoms with Crippen LogP contribution in [-0.2, 0) is 20.9 Å². The summed E-state index contributed by atoms with van der Waals surface area (Å²) >= 11 is 1.60. The number of amides is 3. The van der Waals surface area contributed by atoms with Gasteiger partial charge in [-0.25, -0.2) is 4.79 Å². The Bertz CT molecular complexity index is 1100. The van der Waals surface area contributed by atoms with E-state index in [0.29, 0.717) is 25.3 Å². The predicted molar refractivity (Wildman–Crippen MR) is 169 cm³/mol. The smallest absolute Gasteiger partial charge is 0.408 e. The Morgan fingerprint density at radius 2 is 1.63 bits per heavy atom. The number of benzene rings is 2. The zero-order valence-electron chi connectivity index (χ0n) is 25.9. The van der Waals surface area contributed by atoms with E-state index in [4.69, 9.17) is 4.74 Å². The van der Waals surface area contributed by atoms with Gasteiger partial charge >= 0.3 is 6.09 Å². The SMILES string of the molecule is CCCCCCN(C(=O)C(CCSC)NC(=O)OC(C)(C)C)C(C(=O)NCc1ccccc1)c1cc(C)cc(C)c1. The van der Waals surface area contributed by atoms with E-state index < -0.39 is 23.8 Å². The lowest BCUT2D eigenvalue weighted by Crippen LogP contribution is -2.53. The number of aryl methyl sites for hydroxylation is 2. The first-order valence-electron chi connectivity index (χ1n) is 14.6. The number of hydrogen-bond donors (Lipinski definition) is 2. The first-order valence-corrected chi connectivity index (χ1v) is 16.0. The zero-order chi connectivity index (χ0) is 30.4. The highest BCUT2D eigenvalue weighted by Gasteiger charge is 2.36. The summed E-state index contributed by atoms with van der Waals surface area (Å²) in [5.41, 5.74) is 3.08. The van der Waals surface area contributed by atoms with E-state index in [1.54, 1.807) is 37.4 Å². The van der Waals surface area contributed by atoms with Gasteiger partial charge in [0.05, 0.1) is 0 Å². The van der Waals surface area contributed by atoms with E-state index >= 15 is 0 Å². The Balaban J connectivity index is 2.50. The van der Waals surface area contributed by atoms with Crippen LogP contribution in [0, 0.1) is 13.8 Å². The Labute approximate surface area is 251 Å². The van der Waals surface area contributed by atoms with Crippen LogP contribution < -0.4 is 10.6 Å². The van der Waals surface area contributed by atoms with Gasteiger partial charge in [0, 0.05) is 13.1 Å². The summed E-state index contributed by atoms with van der Waals surface area (Å²) in [6.07, 6.45) is 5.56. The van der Waals surface area contributed by atoms with Crippen molar-refractivity contribution in [3.05, 3.63) is 70.8 Å². The Kier molecular flexibility index (Phi) is 14.2. The maximum absolute atomic E-state index is 14.3. The van der Waals surface area contributed by atoms with Crippen LogP contribution in [0.5, 0.6) is 0 Å². The Morgan fingerprint density at radius 3 is 2.22 bits per heavy atom. The number of nitrogens with zero attached hydrogens (tertiary/aromatic N) is 1. The second-order valence-electron chi connectivity index (χ2n) is 11.6. The molecule has 0 aromatic heterocycles. The minimum atomic E-state index is -0.844. The van der Waals surface area contributed by atoms with Crippen LogP contribution in [0.4, 0.5) is 4.79 Å². The lowest BCUT2D eigenvalue weighted by molar-refractivity contribution is -0.142. The van der Waals surface area contributed by atoms with Gasteiger partial charge in [0.15, 0.2) is 0 Å². The molecule has 2 aromatic rings. The van der Waals surface area contributed by atoms with Crippen molar-refractivity contribution < 1.29 is 19.1 Å². The second-order valence-corrected chi connectivity index (χ2v) is 12.6. The van der Waals surface area contributed by atoms with E-state index in [-0.39, 0.29) is 11.8 Å². The number of unbranched alkanes of at least 4 members (excludes halogenated alkanes) is 3. The molecule has 0 aliphatic heterocycles. The third kappa shape index (κ3) is 12.2. The standard InChI is InChI=1S/C33H49N3O4S/c1-8-9-10-14-18-36(31(38)28(17-19-41-7)35-32(39)40-33(4,5)6)29(27-21-24(2)20-25(3)22-27)30(37)34-23-26-15-12-11-13-16-26/h11-13,15-16,20-22,28-29H,8-10,14,17-19,23H2,1-7H3,(H,34,37)(H,35,39). The van der Waals surface area contributed by atoms with Gasteiger partial charge in [-0.15, -0.1) is 0 Å². The number of carbonyl (C=O) groups excluding carboxylic acids is 3. The molecule has 7 nitrogen and oxygen atoms in total. The summed E-state index contributed by atoms with van der Waals surface area (Å²) in [7, 11) is 0.